The number of ether oxygens (including phenoxy) is 1. The molecule has 1 unspecified atom stereocenters. The third-order valence-corrected chi connectivity index (χ3v) is 5.71. The predicted octanol–water partition coefficient (Wildman–Crippen LogP) is 5.60. The van der Waals surface area contributed by atoms with Gasteiger partial charge in [-0.1, -0.05) is 43.8 Å². The van der Waals surface area contributed by atoms with Crippen LogP contribution in [-0.4, -0.2) is 26.4 Å². The van der Waals surface area contributed by atoms with Crippen LogP contribution in [0.4, 0.5) is 10.1 Å². The smallest absolute Gasteiger partial charge is 0.234 e. The summed E-state index contributed by atoms with van der Waals surface area (Å²) >= 11 is 1.27. The molecule has 1 heterocycles. The number of rotatable bonds is 10. The molecular weight excluding hydrogens is 427 g/mol. The molecule has 0 aliphatic carbocycles. The Balaban J connectivity index is 1.65. The highest BCUT2D eigenvalue weighted by atomic mass is 32.2. The number of allylic oxidation sites excluding steroid dienone is 1. The van der Waals surface area contributed by atoms with Gasteiger partial charge in [-0.25, -0.2) is 4.39 Å². The van der Waals surface area contributed by atoms with Crippen LogP contribution in [0.25, 0.3) is 0 Å². The van der Waals surface area contributed by atoms with Crippen molar-refractivity contribution in [3.05, 3.63) is 78.4 Å². The SMILES string of the molecule is C=CCn1c(SCC(=O)Nc2ccc(F)cc2)nnc1C(C)Oc1ccc(C(C)C)cc1. The minimum Gasteiger partial charge on any atom is -0.483 e. The van der Waals surface area contributed by atoms with E-state index in [0.717, 1.165) is 5.75 Å². The van der Waals surface area contributed by atoms with Crippen LogP contribution in [0.1, 0.15) is 44.2 Å². The van der Waals surface area contributed by atoms with Crippen molar-refractivity contribution >= 4 is 23.4 Å². The van der Waals surface area contributed by atoms with E-state index in [-0.39, 0.29) is 23.6 Å². The minimum absolute atomic E-state index is 0.137. The molecule has 6 nitrogen and oxygen atoms in total. The van der Waals surface area contributed by atoms with E-state index in [0.29, 0.717) is 29.1 Å². The van der Waals surface area contributed by atoms with Gasteiger partial charge in [0.1, 0.15) is 11.6 Å². The highest BCUT2D eigenvalue weighted by Gasteiger charge is 2.20. The first kappa shape index (κ1) is 23.5. The second-order valence-corrected chi connectivity index (χ2v) is 8.51. The Morgan fingerprint density at radius 3 is 2.47 bits per heavy atom. The van der Waals surface area contributed by atoms with Crippen LogP contribution in [0.3, 0.4) is 0 Å². The van der Waals surface area contributed by atoms with Crippen LogP contribution in [0, 0.1) is 5.82 Å². The molecular formula is C24H27FN4O2S. The van der Waals surface area contributed by atoms with Gasteiger partial charge in [0.25, 0.3) is 0 Å². The van der Waals surface area contributed by atoms with Gasteiger partial charge in [0.05, 0.1) is 5.75 Å². The van der Waals surface area contributed by atoms with Crippen LogP contribution in [-0.2, 0) is 11.3 Å². The fourth-order valence-electron chi connectivity index (χ4n) is 3.06. The van der Waals surface area contributed by atoms with Crippen molar-refractivity contribution in [2.75, 3.05) is 11.1 Å². The van der Waals surface area contributed by atoms with Gasteiger partial charge in [-0.05, 0) is 54.8 Å². The zero-order valence-electron chi connectivity index (χ0n) is 18.4. The molecule has 8 heteroatoms. The van der Waals surface area contributed by atoms with E-state index >= 15 is 0 Å². The number of anilines is 1. The van der Waals surface area contributed by atoms with E-state index in [2.05, 4.69) is 48.1 Å². The van der Waals surface area contributed by atoms with Crippen molar-refractivity contribution in [2.24, 2.45) is 0 Å². The Morgan fingerprint density at radius 2 is 1.84 bits per heavy atom. The maximum atomic E-state index is 13.0. The average Bonchev–Trinajstić information content (AvgIpc) is 3.17. The molecule has 32 heavy (non-hydrogen) atoms. The van der Waals surface area contributed by atoms with Gasteiger partial charge in [-0.15, -0.1) is 16.8 Å². The third-order valence-electron chi connectivity index (χ3n) is 4.74. The molecule has 2 aromatic carbocycles. The second kappa shape index (κ2) is 10.9. The summed E-state index contributed by atoms with van der Waals surface area (Å²) in [5, 5.41) is 11.9. The van der Waals surface area contributed by atoms with Gasteiger partial charge in [0.15, 0.2) is 17.1 Å². The topological polar surface area (TPSA) is 69.0 Å². The molecule has 0 saturated carbocycles. The summed E-state index contributed by atoms with van der Waals surface area (Å²) in [4.78, 5) is 12.3. The molecule has 3 aromatic rings. The maximum Gasteiger partial charge on any atom is 0.234 e. The maximum absolute atomic E-state index is 13.0. The number of aromatic nitrogens is 3. The molecule has 0 spiro atoms. The van der Waals surface area contributed by atoms with E-state index in [9.17, 15) is 9.18 Å². The number of carbonyl (C=O) groups excluding carboxylic acids is 1. The number of amides is 1. The van der Waals surface area contributed by atoms with Crippen LogP contribution in [0.5, 0.6) is 5.75 Å². The van der Waals surface area contributed by atoms with Gasteiger partial charge in [-0.2, -0.15) is 0 Å². The predicted molar refractivity (Wildman–Crippen MR) is 126 cm³/mol. The first-order chi connectivity index (χ1) is 15.4. The molecule has 168 valence electrons. The highest BCUT2D eigenvalue weighted by molar-refractivity contribution is 7.99. The number of nitrogens with zero attached hydrogens (tertiary/aromatic N) is 3. The molecule has 0 aliphatic heterocycles. The fraction of sp³-hybridized carbons (Fsp3) is 0.292. The van der Waals surface area contributed by atoms with E-state index in [4.69, 9.17) is 4.74 Å². The lowest BCUT2D eigenvalue weighted by atomic mass is 10.0. The van der Waals surface area contributed by atoms with E-state index in [1.807, 2.05) is 23.6 Å². The summed E-state index contributed by atoms with van der Waals surface area (Å²) in [5.74, 6) is 1.43. The molecule has 0 fully saturated rings. The van der Waals surface area contributed by atoms with Crippen LogP contribution >= 0.6 is 11.8 Å². The molecule has 1 amide bonds. The van der Waals surface area contributed by atoms with Crippen molar-refractivity contribution in [2.45, 2.75) is 44.5 Å². The zero-order valence-corrected chi connectivity index (χ0v) is 19.2. The van der Waals surface area contributed by atoms with Gasteiger partial charge in [0.2, 0.25) is 5.91 Å². The normalized spacial score (nSPS) is 11.9. The number of thioether (sulfide) groups is 1. The van der Waals surface area contributed by atoms with Gasteiger partial charge < -0.3 is 10.1 Å². The van der Waals surface area contributed by atoms with E-state index in [1.54, 1.807) is 6.08 Å². The van der Waals surface area contributed by atoms with Gasteiger partial charge in [-0.3, -0.25) is 9.36 Å². The lowest BCUT2D eigenvalue weighted by molar-refractivity contribution is -0.113. The number of nitrogens with one attached hydrogen (secondary N) is 1. The highest BCUT2D eigenvalue weighted by Crippen LogP contribution is 2.26. The first-order valence-corrected chi connectivity index (χ1v) is 11.3. The molecule has 0 radical (unpaired) electrons. The number of carbonyl (C=O) groups is 1. The van der Waals surface area contributed by atoms with Crippen molar-refractivity contribution in [3.63, 3.8) is 0 Å². The fourth-order valence-corrected chi connectivity index (χ4v) is 3.81. The standard InChI is InChI=1S/C24H27FN4O2S/c1-5-14-29-23(17(4)31-21-12-6-18(7-13-21)16(2)3)27-28-24(29)32-15-22(30)26-20-10-8-19(25)9-11-20/h5-13,16-17H,1,14-15H2,2-4H3,(H,26,30). The molecule has 0 aliphatic rings. The minimum atomic E-state index is -0.352. The molecule has 1 N–H and O–H groups in total. The summed E-state index contributed by atoms with van der Waals surface area (Å²) in [5.41, 5.74) is 1.79. The molecule has 3 rings (SSSR count). The van der Waals surface area contributed by atoms with Crippen molar-refractivity contribution < 1.29 is 13.9 Å². The third kappa shape index (κ3) is 6.20. The van der Waals surface area contributed by atoms with Crippen LogP contribution < -0.4 is 10.1 Å². The Labute approximate surface area is 191 Å². The quantitative estimate of drug-likeness (QED) is 0.319. The largest absolute Gasteiger partial charge is 0.483 e. The number of hydrogen-bond donors (Lipinski definition) is 1. The second-order valence-electron chi connectivity index (χ2n) is 7.57. The van der Waals surface area contributed by atoms with E-state index < -0.39 is 0 Å². The summed E-state index contributed by atoms with van der Waals surface area (Å²) in [7, 11) is 0. The summed E-state index contributed by atoms with van der Waals surface area (Å²) in [6, 6.07) is 13.7. The Hall–Kier alpha value is -3.13. The van der Waals surface area contributed by atoms with Crippen LogP contribution in [0.15, 0.2) is 66.3 Å². The Morgan fingerprint density at radius 1 is 1.16 bits per heavy atom. The van der Waals surface area contributed by atoms with E-state index in [1.165, 1.54) is 41.6 Å². The average molecular weight is 455 g/mol. The Kier molecular flexibility index (Phi) is 8.05. The molecule has 0 saturated heterocycles. The molecule has 1 aromatic heterocycles. The van der Waals surface area contributed by atoms with Crippen molar-refractivity contribution in [3.8, 4) is 5.75 Å². The summed E-state index contributed by atoms with van der Waals surface area (Å²) in [6.45, 7) is 10.5. The van der Waals surface area contributed by atoms with Crippen molar-refractivity contribution in [1.29, 1.82) is 0 Å². The number of hydrogen-bond acceptors (Lipinski definition) is 5. The van der Waals surface area contributed by atoms with Crippen LogP contribution in [0.2, 0.25) is 0 Å². The Bertz CT molecular complexity index is 1050. The first-order valence-electron chi connectivity index (χ1n) is 10.4. The van der Waals surface area contributed by atoms with Crippen molar-refractivity contribution in [1.82, 2.24) is 14.8 Å². The number of benzene rings is 2. The summed E-state index contributed by atoms with van der Waals surface area (Å²) < 4.78 is 21.0. The molecule has 0 bridgehead atoms. The number of halogens is 1. The van der Waals surface area contributed by atoms with Gasteiger partial charge >= 0.3 is 0 Å². The zero-order chi connectivity index (χ0) is 23.1. The summed E-state index contributed by atoms with van der Waals surface area (Å²) in [6.07, 6.45) is 1.41. The molecule has 1 atom stereocenters. The lowest BCUT2D eigenvalue weighted by Gasteiger charge is -2.16. The lowest BCUT2D eigenvalue weighted by Crippen LogP contribution is -2.15. The van der Waals surface area contributed by atoms with Gasteiger partial charge in [0, 0.05) is 12.2 Å². The monoisotopic (exact) mass is 454 g/mol.